The number of fused-ring (bicyclic) bond motifs is 1. The van der Waals surface area contributed by atoms with E-state index in [4.69, 9.17) is 9.47 Å². The Labute approximate surface area is 232 Å². The third kappa shape index (κ3) is 5.41. The lowest BCUT2D eigenvalue weighted by Crippen LogP contribution is -2.28. The van der Waals surface area contributed by atoms with Crippen molar-refractivity contribution < 1.29 is 14.3 Å². The average molecular weight is 696 g/mol. The standard InChI is InChI=1S/C26H26I2N4O3/c1-34-23-13-19(3-5-22(23)35-11-8-16-6-9-29-10-7-16)32-15-18-14-30-25(31-24(18)26(32)33)17-2-4-20(27)21(28)12-17/h2-5,12-14,16,29H,6-11,15H2,1H3. The van der Waals surface area contributed by atoms with Crippen molar-refractivity contribution in [1.82, 2.24) is 15.3 Å². The number of carbonyl (C=O) groups excluding carboxylic acids is 1. The van der Waals surface area contributed by atoms with Crippen molar-refractivity contribution in [3.8, 4) is 22.9 Å². The molecule has 1 saturated heterocycles. The summed E-state index contributed by atoms with van der Waals surface area (Å²) in [6, 6.07) is 11.7. The molecule has 1 N–H and O–H groups in total. The zero-order valence-electron chi connectivity index (χ0n) is 19.4. The predicted octanol–water partition coefficient (Wildman–Crippen LogP) is 5.29. The molecule has 2 aliphatic heterocycles. The number of amides is 1. The van der Waals surface area contributed by atoms with Crippen LogP contribution in [-0.4, -0.2) is 42.7 Å². The summed E-state index contributed by atoms with van der Waals surface area (Å²) in [6.07, 6.45) is 5.19. The molecule has 35 heavy (non-hydrogen) atoms. The molecule has 1 aromatic heterocycles. The van der Waals surface area contributed by atoms with Gasteiger partial charge in [-0.3, -0.25) is 4.79 Å². The van der Waals surface area contributed by atoms with Crippen LogP contribution in [0.5, 0.6) is 11.5 Å². The van der Waals surface area contributed by atoms with Gasteiger partial charge in [0.25, 0.3) is 5.91 Å². The Morgan fingerprint density at radius 3 is 2.69 bits per heavy atom. The van der Waals surface area contributed by atoms with Crippen LogP contribution in [0, 0.1) is 13.1 Å². The minimum Gasteiger partial charge on any atom is -0.493 e. The fourth-order valence-corrected chi connectivity index (χ4v) is 5.36. The van der Waals surface area contributed by atoms with Crippen LogP contribution in [0.3, 0.4) is 0 Å². The summed E-state index contributed by atoms with van der Waals surface area (Å²) in [4.78, 5) is 24.2. The molecular weight excluding hydrogens is 670 g/mol. The van der Waals surface area contributed by atoms with Crippen LogP contribution in [-0.2, 0) is 6.54 Å². The van der Waals surface area contributed by atoms with E-state index in [9.17, 15) is 4.79 Å². The summed E-state index contributed by atoms with van der Waals surface area (Å²) in [6.45, 7) is 3.26. The molecule has 3 heterocycles. The van der Waals surface area contributed by atoms with E-state index in [2.05, 4.69) is 60.5 Å². The Kier molecular flexibility index (Phi) is 7.73. The normalized spacial score (nSPS) is 15.9. The van der Waals surface area contributed by atoms with Crippen molar-refractivity contribution in [2.45, 2.75) is 25.8 Å². The van der Waals surface area contributed by atoms with E-state index in [1.165, 1.54) is 16.4 Å². The number of carbonyl (C=O) groups is 1. The fraction of sp³-hybridized carbons (Fsp3) is 0.346. The number of nitrogens with zero attached hydrogens (tertiary/aromatic N) is 3. The maximum absolute atomic E-state index is 13.3. The Balaban J connectivity index is 1.31. The average Bonchev–Trinajstić information content (AvgIpc) is 3.22. The highest BCUT2D eigenvalue weighted by Crippen LogP contribution is 2.36. The van der Waals surface area contributed by atoms with E-state index < -0.39 is 0 Å². The van der Waals surface area contributed by atoms with E-state index in [1.807, 2.05) is 36.4 Å². The first kappa shape index (κ1) is 24.7. The van der Waals surface area contributed by atoms with Crippen molar-refractivity contribution in [3.05, 3.63) is 61.0 Å². The van der Waals surface area contributed by atoms with Gasteiger partial charge in [-0.1, -0.05) is 6.07 Å². The fourth-order valence-electron chi connectivity index (χ4n) is 4.51. The molecule has 0 spiro atoms. The first-order chi connectivity index (χ1) is 17.0. The van der Waals surface area contributed by atoms with Crippen molar-refractivity contribution in [3.63, 3.8) is 0 Å². The molecule has 9 heteroatoms. The maximum atomic E-state index is 13.3. The van der Waals surface area contributed by atoms with E-state index in [-0.39, 0.29) is 5.91 Å². The van der Waals surface area contributed by atoms with Crippen molar-refractivity contribution in [2.75, 3.05) is 31.7 Å². The molecule has 0 radical (unpaired) electrons. The molecule has 7 nitrogen and oxygen atoms in total. The Hall–Kier alpha value is -1.99. The first-order valence-corrected chi connectivity index (χ1v) is 13.8. The quantitative estimate of drug-likeness (QED) is 0.339. The summed E-state index contributed by atoms with van der Waals surface area (Å²) in [5, 5.41) is 3.40. The van der Waals surface area contributed by atoms with Gasteiger partial charge in [-0.25, -0.2) is 9.97 Å². The summed E-state index contributed by atoms with van der Waals surface area (Å²) in [5.74, 6) is 2.45. The molecule has 3 aromatic rings. The SMILES string of the molecule is COc1cc(N2Cc3cnc(-c4ccc(I)c(I)c4)nc3C2=O)ccc1OCCC1CCNCC1. The van der Waals surface area contributed by atoms with E-state index in [1.54, 1.807) is 18.2 Å². The second-order valence-corrected chi connectivity index (χ2v) is 11.1. The molecule has 2 aliphatic rings. The second kappa shape index (κ2) is 11.0. The highest BCUT2D eigenvalue weighted by atomic mass is 127. The zero-order valence-corrected chi connectivity index (χ0v) is 23.7. The van der Waals surface area contributed by atoms with Crippen molar-refractivity contribution in [2.24, 2.45) is 5.92 Å². The highest BCUT2D eigenvalue weighted by molar-refractivity contribution is 14.1. The number of ether oxygens (including phenoxy) is 2. The largest absolute Gasteiger partial charge is 0.493 e. The van der Waals surface area contributed by atoms with Gasteiger partial charge in [0, 0.05) is 36.2 Å². The first-order valence-electron chi connectivity index (χ1n) is 11.7. The highest BCUT2D eigenvalue weighted by Gasteiger charge is 2.31. The Morgan fingerprint density at radius 2 is 1.91 bits per heavy atom. The smallest absolute Gasteiger partial charge is 0.277 e. The van der Waals surface area contributed by atoms with Gasteiger partial charge in [0.1, 0.15) is 5.69 Å². The summed E-state index contributed by atoms with van der Waals surface area (Å²) in [7, 11) is 1.62. The van der Waals surface area contributed by atoms with Gasteiger partial charge in [-0.2, -0.15) is 0 Å². The molecule has 0 aliphatic carbocycles. The number of benzene rings is 2. The van der Waals surface area contributed by atoms with Gasteiger partial charge in [-0.05, 0) is 108 Å². The summed E-state index contributed by atoms with van der Waals surface area (Å²) >= 11 is 4.59. The minimum absolute atomic E-state index is 0.134. The molecule has 0 saturated carbocycles. The number of hydrogen-bond acceptors (Lipinski definition) is 6. The topological polar surface area (TPSA) is 76.6 Å². The van der Waals surface area contributed by atoms with Crippen molar-refractivity contribution >= 4 is 56.8 Å². The molecule has 182 valence electrons. The van der Waals surface area contributed by atoms with E-state index in [0.29, 0.717) is 42.1 Å². The lowest BCUT2D eigenvalue weighted by Gasteiger charge is -2.23. The van der Waals surface area contributed by atoms with Gasteiger partial charge in [0.15, 0.2) is 17.3 Å². The number of methoxy groups -OCH3 is 1. The number of rotatable bonds is 7. The van der Waals surface area contributed by atoms with Crippen LogP contribution < -0.4 is 19.7 Å². The number of piperidine rings is 1. The monoisotopic (exact) mass is 696 g/mol. The molecule has 2 aromatic carbocycles. The Bertz CT molecular complexity index is 1250. The zero-order chi connectivity index (χ0) is 24.4. The van der Waals surface area contributed by atoms with Crippen molar-refractivity contribution in [1.29, 1.82) is 0 Å². The maximum Gasteiger partial charge on any atom is 0.277 e. The molecule has 5 rings (SSSR count). The molecule has 1 fully saturated rings. The summed E-state index contributed by atoms with van der Waals surface area (Å²) in [5.41, 5.74) is 2.92. The second-order valence-electron chi connectivity index (χ2n) is 8.75. The number of aromatic nitrogens is 2. The lowest BCUT2D eigenvalue weighted by atomic mass is 9.95. The van der Waals surface area contributed by atoms with E-state index >= 15 is 0 Å². The molecule has 0 unspecified atom stereocenters. The van der Waals surface area contributed by atoms with E-state index in [0.717, 1.165) is 39.9 Å². The summed E-state index contributed by atoms with van der Waals surface area (Å²) < 4.78 is 13.9. The van der Waals surface area contributed by atoms with Crippen LogP contribution in [0.15, 0.2) is 42.6 Å². The third-order valence-corrected chi connectivity index (χ3v) is 9.39. The van der Waals surface area contributed by atoms with Crippen LogP contribution >= 0.6 is 45.2 Å². The number of hydrogen-bond donors (Lipinski definition) is 1. The number of nitrogens with one attached hydrogen (secondary N) is 1. The molecule has 0 bridgehead atoms. The van der Waals surface area contributed by atoms with Gasteiger partial charge in [0.05, 0.1) is 20.3 Å². The lowest BCUT2D eigenvalue weighted by molar-refractivity contribution is 0.0992. The van der Waals surface area contributed by atoms with Gasteiger partial charge >= 0.3 is 0 Å². The molecular formula is C26H26I2N4O3. The number of halogens is 2. The Morgan fingerprint density at radius 1 is 1.09 bits per heavy atom. The predicted molar refractivity (Wildman–Crippen MR) is 152 cm³/mol. The minimum atomic E-state index is -0.134. The van der Waals surface area contributed by atoms with Crippen LogP contribution in [0.4, 0.5) is 5.69 Å². The van der Waals surface area contributed by atoms with Crippen LogP contribution in [0.1, 0.15) is 35.3 Å². The van der Waals surface area contributed by atoms with Gasteiger partial charge < -0.3 is 19.7 Å². The molecule has 1 amide bonds. The van der Waals surface area contributed by atoms with Gasteiger partial charge in [0.2, 0.25) is 0 Å². The van der Waals surface area contributed by atoms with Gasteiger partial charge in [-0.15, -0.1) is 0 Å². The van der Waals surface area contributed by atoms with Crippen LogP contribution in [0.25, 0.3) is 11.4 Å². The third-order valence-electron chi connectivity index (χ3n) is 6.52. The molecule has 0 atom stereocenters. The van der Waals surface area contributed by atoms with Crippen LogP contribution in [0.2, 0.25) is 0 Å². The number of anilines is 1.